The van der Waals surface area contributed by atoms with E-state index in [4.69, 9.17) is 0 Å². The summed E-state index contributed by atoms with van der Waals surface area (Å²) in [5, 5.41) is 13.8. The largest absolute Gasteiger partial charge is 0.378 e. The van der Waals surface area contributed by atoms with Crippen LogP contribution in [0.1, 0.15) is 16.1 Å². The lowest BCUT2D eigenvalue weighted by molar-refractivity contribution is 0.102. The van der Waals surface area contributed by atoms with E-state index in [1.54, 1.807) is 24.3 Å². The lowest BCUT2D eigenvalue weighted by Crippen LogP contribution is -2.15. The Morgan fingerprint density at radius 3 is 2.26 bits per heavy atom. The minimum absolute atomic E-state index is 0.221. The van der Waals surface area contributed by atoms with E-state index in [0.717, 1.165) is 11.3 Å². The van der Waals surface area contributed by atoms with Crippen LogP contribution in [-0.4, -0.2) is 30.2 Å². The van der Waals surface area contributed by atoms with Crippen molar-refractivity contribution in [3.8, 4) is 0 Å². The van der Waals surface area contributed by atoms with Crippen LogP contribution in [0.3, 0.4) is 0 Å². The molecule has 2 aromatic carbocycles. The van der Waals surface area contributed by atoms with Gasteiger partial charge < -0.3 is 15.5 Å². The van der Waals surface area contributed by atoms with Crippen LogP contribution in [0.15, 0.2) is 60.7 Å². The van der Waals surface area contributed by atoms with Gasteiger partial charge in [-0.2, -0.15) is 0 Å². The highest BCUT2D eigenvalue weighted by Gasteiger charge is 2.09. The van der Waals surface area contributed by atoms with Gasteiger partial charge in [0.15, 0.2) is 5.69 Å². The van der Waals surface area contributed by atoms with Crippen molar-refractivity contribution in [1.29, 1.82) is 0 Å². The number of carbonyl (C=O) groups excluding carboxylic acids is 1. The number of aromatic nitrogens is 2. The molecule has 2 N–H and O–H groups in total. The van der Waals surface area contributed by atoms with E-state index < -0.39 is 0 Å². The lowest BCUT2D eigenvalue weighted by atomic mass is 10.2. The molecule has 0 saturated carbocycles. The van der Waals surface area contributed by atoms with Crippen molar-refractivity contribution in [3.63, 3.8) is 0 Å². The molecule has 27 heavy (non-hydrogen) atoms. The Bertz CT molecular complexity index is 893. The molecular weight excluding hydrogens is 345 g/mol. The van der Waals surface area contributed by atoms with Gasteiger partial charge in [-0.3, -0.25) is 4.79 Å². The smallest absolute Gasteiger partial charge is 0.276 e. The van der Waals surface area contributed by atoms with E-state index in [1.807, 2.05) is 43.3 Å². The fraction of sp³-hybridized carbons (Fsp3) is 0.150. The van der Waals surface area contributed by atoms with Crippen molar-refractivity contribution in [3.05, 3.63) is 77.7 Å². The van der Waals surface area contributed by atoms with Crippen molar-refractivity contribution in [2.24, 2.45) is 0 Å². The highest BCUT2D eigenvalue weighted by atomic mass is 19.1. The van der Waals surface area contributed by atoms with Crippen LogP contribution in [0.4, 0.5) is 21.6 Å². The SMILES string of the molecule is CN(C)c1ccc(NC(=O)c2ccc(NCc3ccc(F)cc3)nn2)cc1. The van der Waals surface area contributed by atoms with Crippen LogP contribution in [0.25, 0.3) is 0 Å². The van der Waals surface area contributed by atoms with Gasteiger partial charge in [0.05, 0.1) is 0 Å². The Morgan fingerprint density at radius 1 is 0.963 bits per heavy atom. The monoisotopic (exact) mass is 365 g/mol. The first kappa shape index (κ1) is 18.3. The summed E-state index contributed by atoms with van der Waals surface area (Å²) < 4.78 is 12.9. The number of nitrogens with zero attached hydrogens (tertiary/aromatic N) is 3. The molecule has 0 spiro atoms. The molecule has 6 nitrogen and oxygen atoms in total. The predicted octanol–water partition coefficient (Wildman–Crippen LogP) is 3.55. The van der Waals surface area contributed by atoms with Crippen molar-refractivity contribution >= 4 is 23.1 Å². The van der Waals surface area contributed by atoms with Crippen molar-refractivity contribution in [2.45, 2.75) is 6.54 Å². The van der Waals surface area contributed by atoms with Crippen LogP contribution in [0, 0.1) is 5.82 Å². The number of hydrogen-bond acceptors (Lipinski definition) is 5. The zero-order valence-electron chi connectivity index (χ0n) is 15.1. The number of nitrogens with one attached hydrogen (secondary N) is 2. The zero-order valence-corrected chi connectivity index (χ0v) is 15.1. The summed E-state index contributed by atoms with van der Waals surface area (Å²) >= 11 is 0. The van der Waals surface area contributed by atoms with Gasteiger partial charge in [-0.1, -0.05) is 12.1 Å². The Balaban J connectivity index is 1.57. The molecule has 0 fully saturated rings. The first-order chi connectivity index (χ1) is 13.0. The summed E-state index contributed by atoms with van der Waals surface area (Å²) in [4.78, 5) is 14.3. The molecule has 0 bridgehead atoms. The van der Waals surface area contributed by atoms with Gasteiger partial charge in [-0.15, -0.1) is 10.2 Å². The molecule has 0 saturated heterocycles. The standard InChI is InChI=1S/C20H20FN5O/c1-26(2)17-9-7-16(8-10-17)23-20(27)18-11-12-19(25-24-18)22-13-14-3-5-15(21)6-4-14/h3-12H,13H2,1-2H3,(H,22,25)(H,23,27). The quantitative estimate of drug-likeness (QED) is 0.699. The second kappa shape index (κ2) is 8.27. The van der Waals surface area contributed by atoms with E-state index in [-0.39, 0.29) is 17.4 Å². The molecule has 0 aliphatic heterocycles. The number of halogens is 1. The molecule has 1 amide bonds. The van der Waals surface area contributed by atoms with E-state index in [0.29, 0.717) is 18.1 Å². The van der Waals surface area contributed by atoms with Gasteiger partial charge in [-0.05, 0) is 54.1 Å². The highest BCUT2D eigenvalue weighted by Crippen LogP contribution is 2.16. The van der Waals surface area contributed by atoms with Crippen molar-refractivity contribution in [2.75, 3.05) is 29.6 Å². The fourth-order valence-electron chi connectivity index (χ4n) is 2.38. The molecular formula is C20H20FN5O. The molecule has 0 atom stereocenters. The molecule has 138 valence electrons. The zero-order chi connectivity index (χ0) is 19.2. The molecule has 1 heterocycles. The molecule has 0 aliphatic carbocycles. The summed E-state index contributed by atoms with van der Waals surface area (Å²) in [5.41, 5.74) is 2.87. The molecule has 0 radical (unpaired) electrons. The predicted molar refractivity (Wildman–Crippen MR) is 104 cm³/mol. The van der Waals surface area contributed by atoms with Crippen LogP contribution in [0.5, 0.6) is 0 Å². The van der Waals surface area contributed by atoms with Crippen LogP contribution in [-0.2, 0) is 6.54 Å². The third kappa shape index (κ3) is 5.01. The third-order valence-electron chi connectivity index (χ3n) is 3.93. The number of carbonyl (C=O) groups is 1. The van der Waals surface area contributed by atoms with Gasteiger partial charge in [0.2, 0.25) is 0 Å². The minimum Gasteiger partial charge on any atom is -0.378 e. The van der Waals surface area contributed by atoms with Gasteiger partial charge in [0.1, 0.15) is 11.6 Å². The molecule has 0 unspecified atom stereocenters. The Kier molecular flexibility index (Phi) is 5.61. The minimum atomic E-state index is -0.329. The maximum absolute atomic E-state index is 12.9. The van der Waals surface area contributed by atoms with Gasteiger partial charge >= 0.3 is 0 Å². The summed E-state index contributed by atoms with van der Waals surface area (Å²) in [6, 6.07) is 17.0. The van der Waals surface area contributed by atoms with Gasteiger partial charge in [0, 0.05) is 32.0 Å². The first-order valence-electron chi connectivity index (χ1n) is 8.42. The molecule has 1 aromatic heterocycles. The van der Waals surface area contributed by atoms with Crippen molar-refractivity contribution in [1.82, 2.24) is 10.2 Å². The second-order valence-corrected chi connectivity index (χ2v) is 6.18. The molecule has 7 heteroatoms. The summed E-state index contributed by atoms with van der Waals surface area (Å²) in [6.45, 7) is 0.485. The van der Waals surface area contributed by atoms with Crippen LogP contribution >= 0.6 is 0 Å². The highest BCUT2D eigenvalue weighted by molar-refractivity contribution is 6.02. The molecule has 0 aliphatic rings. The average Bonchev–Trinajstić information content (AvgIpc) is 2.68. The number of hydrogen-bond donors (Lipinski definition) is 2. The number of amides is 1. The number of anilines is 3. The van der Waals surface area contributed by atoms with Crippen molar-refractivity contribution < 1.29 is 9.18 Å². The van der Waals surface area contributed by atoms with E-state index >= 15 is 0 Å². The average molecular weight is 365 g/mol. The Morgan fingerprint density at radius 2 is 1.67 bits per heavy atom. The lowest BCUT2D eigenvalue weighted by Gasteiger charge is -2.13. The second-order valence-electron chi connectivity index (χ2n) is 6.18. The van der Waals surface area contributed by atoms with Crippen LogP contribution < -0.4 is 15.5 Å². The Labute approximate surface area is 157 Å². The number of rotatable bonds is 6. The normalized spacial score (nSPS) is 10.3. The topological polar surface area (TPSA) is 70.2 Å². The van der Waals surface area contributed by atoms with E-state index in [2.05, 4.69) is 20.8 Å². The summed E-state index contributed by atoms with van der Waals surface area (Å²) in [6.07, 6.45) is 0. The molecule has 3 aromatic rings. The fourth-order valence-corrected chi connectivity index (χ4v) is 2.38. The number of benzene rings is 2. The summed E-state index contributed by atoms with van der Waals surface area (Å²) in [5.74, 6) is -0.0679. The van der Waals surface area contributed by atoms with E-state index in [1.165, 1.54) is 12.1 Å². The van der Waals surface area contributed by atoms with Gasteiger partial charge in [0.25, 0.3) is 5.91 Å². The first-order valence-corrected chi connectivity index (χ1v) is 8.42. The third-order valence-corrected chi connectivity index (χ3v) is 3.93. The maximum atomic E-state index is 12.9. The Hall–Kier alpha value is -3.48. The van der Waals surface area contributed by atoms with E-state index in [9.17, 15) is 9.18 Å². The van der Waals surface area contributed by atoms with Crippen LogP contribution in [0.2, 0.25) is 0 Å². The maximum Gasteiger partial charge on any atom is 0.276 e. The molecule has 3 rings (SSSR count). The van der Waals surface area contributed by atoms with Gasteiger partial charge in [-0.25, -0.2) is 4.39 Å². The summed E-state index contributed by atoms with van der Waals surface area (Å²) in [7, 11) is 3.91.